The molecule has 5 nitrogen and oxygen atoms in total. The van der Waals surface area contributed by atoms with E-state index < -0.39 is 6.03 Å². The van der Waals surface area contributed by atoms with Crippen molar-refractivity contribution in [2.24, 2.45) is 0 Å². The third-order valence-corrected chi connectivity index (χ3v) is 4.14. The number of hydrogen-bond donors (Lipinski definition) is 2. The summed E-state index contributed by atoms with van der Waals surface area (Å²) in [6.07, 6.45) is 3.71. The van der Waals surface area contributed by atoms with Crippen LogP contribution in [0.25, 0.3) is 0 Å². The van der Waals surface area contributed by atoms with E-state index in [9.17, 15) is 9.59 Å². The van der Waals surface area contributed by atoms with Gasteiger partial charge in [-0.1, -0.05) is 17.7 Å². The lowest BCUT2D eigenvalue weighted by Crippen LogP contribution is -2.45. The minimum atomic E-state index is -0.416. The molecule has 0 spiro atoms. The van der Waals surface area contributed by atoms with Gasteiger partial charge in [0.05, 0.1) is 10.9 Å². The van der Waals surface area contributed by atoms with E-state index in [1.807, 2.05) is 17.0 Å². The van der Waals surface area contributed by atoms with E-state index in [4.69, 9.17) is 11.6 Å². The first-order valence-electron chi connectivity index (χ1n) is 6.74. The summed E-state index contributed by atoms with van der Waals surface area (Å²) in [4.78, 5) is 26.3. The van der Waals surface area contributed by atoms with Gasteiger partial charge in [0, 0.05) is 24.0 Å². The maximum atomic E-state index is 11.9. The van der Waals surface area contributed by atoms with Crippen LogP contribution in [0.3, 0.4) is 0 Å². The van der Waals surface area contributed by atoms with Gasteiger partial charge in [-0.3, -0.25) is 15.0 Å². The summed E-state index contributed by atoms with van der Waals surface area (Å²) in [6, 6.07) is 3.58. The first-order chi connectivity index (χ1) is 10.1. The fraction of sp³-hybridized carbons (Fsp3) is 0.429. The van der Waals surface area contributed by atoms with Crippen molar-refractivity contribution in [3.05, 3.63) is 34.0 Å². The lowest BCUT2D eigenvalue weighted by atomic mass is 10.3. The highest BCUT2D eigenvalue weighted by Crippen LogP contribution is 2.22. The quantitative estimate of drug-likeness (QED) is 0.756. The molecule has 0 bridgehead atoms. The molecule has 1 aliphatic rings. The molecule has 1 heterocycles. The van der Waals surface area contributed by atoms with E-state index >= 15 is 0 Å². The predicted molar refractivity (Wildman–Crippen MR) is 84.5 cm³/mol. The van der Waals surface area contributed by atoms with Gasteiger partial charge in [-0.2, -0.15) is 0 Å². The van der Waals surface area contributed by atoms with E-state index in [0.717, 1.165) is 22.1 Å². The Bertz CT molecular complexity index is 528. The van der Waals surface area contributed by atoms with Gasteiger partial charge in [0.25, 0.3) is 0 Å². The lowest BCUT2D eigenvalue weighted by Gasteiger charge is -2.19. The van der Waals surface area contributed by atoms with Crippen molar-refractivity contribution in [1.82, 2.24) is 15.5 Å². The molecule has 1 aliphatic carbocycles. The Morgan fingerprint density at radius 1 is 1.48 bits per heavy atom. The van der Waals surface area contributed by atoms with Crippen molar-refractivity contribution >= 4 is 34.9 Å². The van der Waals surface area contributed by atoms with Gasteiger partial charge < -0.3 is 5.32 Å². The van der Waals surface area contributed by atoms with Crippen LogP contribution in [-0.4, -0.2) is 36.0 Å². The fourth-order valence-electron chi connectivity index (χ4n) is 1.84. The van der Waals surface area contributed by atoms with Crippen LogP contribution >= 0.6 is 22.9 Å². The number of halogens is 1. The summed E-state index contributed by atoms with van der Waals surface area (Å²) < 4.78 is 0.719. The zero-order valence-electron chi connectivity index (χ0n) is 11.6. The molecular weight excluding hydrogens is 310 g/mol. The number of carbonyl (C=O) groups is 2. The number of rotatable bonds is 7. The second kappa shape index (κ2) is 7.59. The zero-order chi connectivity index (χ0) is 15.2. The lowest BCUT2D eigenvalue weighted by molar-refractivity contribution is -0.121. The monoisotopic (exact) mass is 327 g/mol. The predicted octanol–water partition coefficient (Wildman–Crippen LogP) is 2.38. The smallest absolute Gasteiger partial charge is 0.321 e. The molecule has 3 amide bonds. The van der Waals surface area contributed by atoms with Crippen molar-refractivity contribution in [3.8, 4) is 0 Å². The molecule has 7 heteroatoms. The number of imide groups is 1. The molecule has 1 fully saturated rings. The summed E-state index contributed by atoms with van der Waals surface area (Å²) in [5.41, 5.74) is 0. The highest BCUT2D eigenvalue weighted by atomic mass is 35.5. The van der Waals surface area contributed by atoms with Crippen LogP contribution in [0.15, 0.2) is 24.8 Å². The summed E-state index contributed by atoms with van der Waals surface area (Å²) in [6.45, 7) is 4.99. The summed E-state index contributed by atoms with van der Waals surface area (Å²) >= 11 is 7.38. The van der Waals surface area contributed by atoms with Crippen LogP contribution in [-0.2, 0) is 11.3 Å². The molecule has 2 rings (SSSR count). The first kappa shape index (κ1) is 16.0. The average Bonchev–Trinajstić information content (AvgIpc) is 3.11. The van der Waals surface area contributed by atoms with Gasteiger partial charge in [0.15, 0.2) is 0 Å². The highest BCUT2D eigenvalue weighted by molar-refractivity contribution is 7.16. The number of nitrogens with zero attached hydrogens (tertiary/aromatic N) is 1. The van der Waals surface area contributed by atoms with Crippen LogP contribution in [0.2, 0.25) is 4.34 Å². The van der Waals surface area contributed by atoms with Crippen LogP contribution in [0.5, 0.6) is 0 Å². The molecule has 0 aliphatic heterocycles. The molecule has 21 heavy (non-hydrogen) atoms. The van der Waals surface area contributed by atoms with Crippen LogP contribution in [0.4, 0.5) is 4.79 Å². The number of nitrogens with one attached hydrogen (secondary N) is 2. The Hall–Kier alpha value is -1.37. The Kier molecular flexibility index (Phi) is 5.78. The van der Waals surface area contributed by atoms with Crippen molar-refractivity contribution < 1.29 is 9.59 Å². The SMILES string of the molecule is C=CCN(CC(=O)NC(=O)NC1CC1)Cc1ccc(Cl)s1. The molecule has 0 unspecified atom stereocenters. The maximum Gasteiger partial charge on any atom is 0.321 e. The van der Waals surface area contributed by atoms with E-state index in [-0.39, 0.29) is 18.5 Å². The standard InChI is InChI=1S/C14H18ClN3O2S/c1-2-7-18(8-11-5-6-12(15)21-11)9-13(19)17-14(20)16-10-3-4-10/h2,5-6,10H,1,3-4,7-9H2,(H2,16,17,19,20). The summed E-state index contributed by atoms with van der Waals surface area (Å²) in [5.74, 6) is -0.322. The van der Waals surface area contributed by atoms with Gasteiger partial charge in [-0.05, 0) is 25.0 Å². The van der Waals surface area contributed by atoms with Gasteiger partial charge in [0.1, 0.15) is 0 Å². The second-order valence-corrected chi connectivity index (χ2v) is 6.76. The van der Waals surface area contributed by atoms with Crippen LogP contribution in [0.1, 0.15) is 17.7 Å². The Balaban J connectivity index is 1.81. The molecule has 1 aromatic heterocycles. The zero-order valence-corrected chi connectivity index (χ0v) is 13.2. The maximum absolute atomic E-state index is 11.9. The summed E-state index contributed by atoms with van der Waals surface area (Å²) in [5, 5.41) is 5.06. The fourth-order valence-corrected chi connectivity index (χ4v) is 2.97. The van der Waals surface area contributed by atoms with E-state index in [1.165, 1.54) is 11.3 Å². The van der Waals surface area contributed by atoms with Crippen molar-refractivity contribution in [1.29, 1.82) is 0 Å². The minimum Gasteiger partial charge on any atom is -0.335 e. The number of thiophene rings is 1. The molecule has 1 saturated carbocycles. The van der Waals surface area contributed by atoms with E-state index in [2.05, 4.69) is 17.2 Å². The van der Waals surface area contributed by atoms with Crippen LogP contribution in [0, 0.1) is 0 Å². The van der Waals surface area contributed by atoms with Crippen molar-refractivity contribution in [2.45, 2.75) is 25.4 Å². The number of urea groups is 1. The van der Waals surface area contributed by atoms with Crippen molar-refractivity contribution in [2.75, 3.05) is 13.1 Å². The largest absolute Gasteiger partial charge is 0.335 e. The highest BCUT2D eigenvalue weighted by Gasteiger charge is 2.24. The Labute approximate surface area is 133 Å². The molecular formula is C14H18ClN3O2S. The first-order valence-corrected chi connectivity index (χ1v) is 7.94. The van der Waals surface area contributed by atoms with Crippen LogP contribution < -0.4 is 10.6 Å². The third-order valence-electron chi connectivity index (χ3n) is 2.93. The molecule has 0 saturated heterocycles. The Morgan fingerprint density at radius 2 is 2.24 bits per heavy atom. The van der Waals surface area contributed by atoms with Gasteiger partial charge in [-0.25, -0.2) is 4.79 Å². The van der Waals surface area contributed by atoms with Gasteiger partial charge >= 0.3 is 6.03 Å². The molecule has 2 N–H and O–H groups in total. The number of hydrogen-bond acceptors (Lipinski definition) is 4. The number of carbonyl (C=O) groups excluding carboxylic acids is 2. The molecule has 0 atom stereocenters. The molecule has 1 aromatic rings. The molecule has 0 aromatic carbocycles. The Morgan fingerprint density at radius 3 is 2.81 bits per heavy atom. The minimum absolute atomic E-state index is 0.139. The van der Waals surface area contributed by atoms with Crippen molar-refractivity contribution in [3.63, 3.8) is 0 Å². The average molecular weight is 328 g/mol. The summed E-state index contributed by atoms with van der Waals surface area (Å²) in [7, 11) is 0. The normalized spacial score (nSPS) is 14.0. The molecule has 0 radical (unpaired) electrons. The van der Waals surface area contributed by atoms with Gasteiger partial charge in [-0.15, -0.1) is 17.9 Å². The topological polar surface area (TPSA) is 61.4 Å². The number of amides is 3. The second-order valence-electron chi connectivity index (χ2n) is 4.96. The van der Waals surface area contributed by atoms with Gasteiger partial charge in [0.2, 0.25) is 5.91 Å². The molecule has 114 valence electrons. The van der Waals surface area contributed by atoms with E-state index in [0.29, 0.717) is 13.1 Å². The third kappa shape index (κ3) is 5.87. The van der Waals surface area contributed by atoms with E-state index in [1.54, 1.807) is 6.08 Å².